The lowest BCUT2D eigenvalue weighted by atomic mass is 10.1. The first-order valence-corrected chi connectivity index (χ1v) is 8.54. The van der Waals surface area contributed by atoms with E-state index in [9.17, 15) is 5.11 Å². The van der Waals surface area contributed by atoms with Crippen LogP contribution >= 0.6 is 0 Å². The molecule has 3 nitrogen and oxygen atoms in total. The molecule has 0 aromatic heterocycles. The summed E-state index contributed by atoms with van der Waals surface area (Å²) in [4.78, 5) is 0. The van der Waals surface area contributed by atoms with Gasteiger partial charge in [0.05, 0.1) is 0 Å². The molecule has 0 fully saturated rings. The number of phenols is 1. The van der Waals surface area contributed by atoms with Crippen molar-refractivity contribution in [2.75, 3.05) is 13.2 Å². The van der Waals surface area contributed by atoms with Gasteiger partial charge in [0.25, 0.3) is 0 Å². The number of rotatable bonds is 9. The topological polar surface area (TPSA) is 38.7 Å². The van der Waals surface area contributed by atoms with Gasteiger partial charge in [0.1, 0.15) is 5.75 Å². The number of para-hydroxylation sites is 1. The molecule has 0 heterocycles. The largest absolute Gasteiger partial charge is 0.508 e. The quantitative estimate of drug-likeness (QED) is 0.700. The zero-order valence-corrected chi connectivity index (χ0v) is 12.5. The van der Waals surface area contributed by atoms with Crippen LogP contribution in [0.25, 0.3) is 0 Å². The van der Waals surface area contributed by atoms with Crippen molar-refractivity contribution < 1.29 is 14.0 Å². The molecule has 1 aromatic rings. The first-order chi connectivity index (χ1) is 8.77. The van der Waals surface area contributed by atoms with Crippen LogP contribution < -0.4 is 0 Å². The van der Waals surface area contributed by atoms with Crippen LogP contribution in [0.15, 0.2) is 24.3 Å². The van der Waals surface area contributed by atoms with E-state index in [0.717, 1.165) is 37.5 Å². The second kappa shape index (κ2) is 9.14. The molecule has 0 saturated heterocycles. The summed E-state index contributed by atoms with van der Waals surface area (Å²) in [5.74, 6) is 0.351. The van der Waals surface area contributed by atoms with Crippen molar-refractivity contribution in [1.82, 2.24) is 0 Å². The van der Waals surface area contributed by atoms with Crippen LogP contribution in [0.2, 0.25) is 6.04 Å². The van der Waals surface area contributed by atoms with E-state index in [1.165, 1.54) is 0 Å². The first-order valence-electron chi connectivity index (χ1n) is 6.78. The van der Waals surface area contributed by atoms with Gasteiger partial charge in [-0.25, -0.2) is 0 Å². The van der Waals surface area contributed by atoms with Crippen LogP contribution in [0.3, 0.4) is 0 Å². The van der Waals surface area contributed by atoms with Gasteiger partial charge in [-0.1, -0.05) is 38.5 Å². The van der Waals surface area contributed by atoms with Crippen molar-refractivity contribution in [1.29, 1.82) is 0 Å². The van der Waals surface area contributed by atoms with E-state index in [2.05, 4.69) is 13.8 Å². The molecule has 18 heavy (non-hydrogen) atoms. The van der Waals surface area contributed by atoms with Gasteiger partial charge in [0, 0.05) is 13.2 Å². The van der Waals surface area contributed by atoms with Gasteiger partial charge in [-0.3, -0.25) is 0 Å². The highest BCUT2D eigenvalue weighted by atomic mass is 28.3. The van der Waals surface area contributed by atoms with Gasteiger partial charge >= 0.3 is 9.28 Å². The van der Waals surface area contributed by atoms with Crippen LogP contribution in [-0.4, -0.2) is 27.6 Å². The molecule has 0 amide bonds. The minimum Gasteiger partial charge on any atom is -0.508 e. The third-order valence-corrected chi connectivity index (χ3v) is 4.96. The Morgan fingerprint density at radius 2 is 1.78 bits per heavy atom. The fourth-order valence-electron chi connectivity index (χ4n) is 1.72. The van der Waals surface area contributed by atoms with E-state index in [0.29, 0.717) is 12.4 Å². The van der Waals surface area contributed by atoms with Crippen molar-refractivity contribution >= 4 is 9.28 Å². The summed E-state index contributed by atoms with van der Waals surface area (Å²) in [5.41, 5.74) is 0.942. The fourth-order valence-corrected chi connectivity index (χ4v) is 3.50. The Bertz CT molecular complexity index is 331. The number of hydrogen-bond donors (Lipinski definition) is 1. The van der Waals surface area contributed by atoms with E-state index in [1.807, 2.05) is 18.2 Å². The summed E-state index contributed by atoms with van der Waals surface area (Å²) >= 11 is 0. The molecule has 102 valence electrons. The second-order valence-electron chi connectivity index (χ2n) is 4.34. The molecule has 0 aliphatic carbocycles. The summed E-state index contributed by atoms with van der Waals surface area (Å²) in [5, 5.41) is 9.65. The van der Waals surface area contributed by atoms with E-state index in [1.54, 1.807) is 6.07 Å². The third kappa shape index (κ3) is 5.66. The fraction of sp³-hybridized carbons (Fsp3) is 0.571. The standard InChI is InChI=1S/C14H24O3Si/c1-3-10-16-18(12-4-2)17-11-9-13-7-5-6-8-14(13)15/h5-8,15,18H,3-4,9-12H2,1-2H3. The average molecular weight is 268 g/mol. The van der Waals surface area contributed by atoms with E-state index in [-0.39, 0.29) is 0 Å². The van der Waals surface area contributed by atoms with Crippen molar-refractivity contribution in [3.8, 4) is 5.75 Å². The zero-order valence-electron chi connectivity index (χ0n) is 11.4. The highest BCUT2D eigenvalue weighted by Crippen LogP contribution is 2.16. The minimum absolute atomic E-state index is 0.351. The van der Waals surface area contributed by atoms with Crippen molar-refractivity contribution in [2.45, 2.75) is 39.2 Å². The lowest BCUT2D eigenvalue weighted by Gasteiger charge is -2.16. The number of benzene rings is 1. The van der Waals surface area contributed by atoms with Crippen molar-refractivity contribution in [3.63, 3.8) is 0 Å². The summed E-state index contributed by atoms with van der Waals surface area (Å²) in [6, 6.07) is 8.47. The van der Waals surface area contributed by atoms with Gasteiger partial charge < -0.3 is 14.0 Å². The highest BCUT2D eigenvalue weighted by molar-refractivity contribution is 6.44. The van der Waals surface area contributed by atoms with Crippen LogP contribution in [0, 0.1) is 0 Å². The molecular formula is C14H24O3Si. The van der Waals surface area contributed by atoms with Crippen LogP contribution in [0.4, 0.5) is 0 Å². The molecule has 0 bridgehead atoms. The Morgan fingerprint density at radius 1 is 1.06 bits per heavy atom. The molecule has 0 aliphatic heterocycles. The maximum atomic E-state index is 9.65. The molecule has 0 spiro atoms. The molecule has 0 radical (unpaired) electrons. The van der Waals surface area contributed by atoms with Gasteiger partial charge in [-0.05, 0) is 30.5 Å². The van der Waals surface area contributed by atoms with Gasteiger partial charge in [0.2, 0.25) is 0 Å². The van der Waals surface area contributed by atoms with Gasteiger partial charge in [0.15, 0.2) is 0 Å². The normalized spacial score (nSPS) is 12.6. The predicted octanol–water partition coefficient (Wildman–Crippen LogP) is 3.01. The first kappa shape index (κ1) is 15.2. The lowest BCUT2D eigenvalue weighted by Crippen LogP contribution is -2.24. The van der Waals surface area contributed by atoms with Crippen LogP contribution in [-0.2, 0) is 15.3 Å². The van der Waals surface area contributed by atoms with Gasteiger partial charge in [-0.2, -0.15) is 0 Å². The van der Waals surface area contributed by atoms with Gasteiger partial charge in [-0.15, -0.1) is 0 Å². The van der Waals surface area contributed by atoms with Crippen molar-refractivity contribution in [2.24, 2.45) is 0 Å². The zero-order chi connectivity index (χ0) is 13.2. The third-order valence-electron chi connectivity index (χ3n) is 2.70. The monoisotopic (exact) mass is 268 g/mol. The molecule has 0 saturated carbocycles. The number of hydrogen-bond acceptors (Lipinski definition) is 3. The Morgan fingerprint density at radius 3 is 2.44 bits per heavy atom. The summed E-state index contributed by atoms with van der Waals surface area (Å²) in [6.07, 6.45) is 2.89. The van der Waals surface area contributed by atoms with E-state index < -0.39 is 9.28 Å². The summed E-state index contributed by atoms with van der Waals surface area (Å²) in [6.45, 7) is 5.70. The van der Waals surface area contributed by atoms with E-state index in [4.69, 9.17) is 8.85 Å². The Hall–Kier alpha value is -0.843. The molecule has 1 N–H and O–H groups in total. The Balaban J connectivity index is 2.31. The van der Waals surface area contributed by atoms with E-state index >= 15 is 0 Å². The number of phenolic OH excluding ortho intramolecular Hbond substituents is 1. The van der Waals surface area contributed by atoms with Crippen molar-refractivity contribution in [3.05, 3.63) is 29.8 Å². The molecule has 4 heteroatoms. The average Bonchev–Trinajstić information content (AvgIpc) is 2.38. The second-order valence-corrected chi connectivity index (χ2v) is 6.44. The molecule has 0 aliphatic rings. The number of aromatic hydroxyl groups is 1. The lowest BCUT2D eigenvalue weighted by molar-refractivity contribution is 0.197. The molecule has 1 rings (SSSR count). The molecule has 1 atom stereocenters. The Kier molecular flexibility index (Phi) is 7.72. The Labute approximate surface area is 112 Å². The van der Waals surface area contributed by atoms with Crippen LogP contribution in [0.5, 0.6) is 5.75 Å². The molecule has 1 unspecified atom stereocenters. The summed E-state index contributed by atoms with van der Waals surface area (Å²) < 4.78 is 11.6. The predicted molar refractivity (Wildman–Crippen MR) is 76.3 cm³/mol. The minimum atomic E-state index is -1.49. The smallest absolute Gasteiger partial charge is 0.321 e. The highest BCUT2D eigenvalue weighted by Gasteiger charge is 2.12. The molecule has 1 aromatic carbocycles. The molecular weight excluding hydrogens is 244 g/mol. The summed E-state index contributed by atoms with van der Waals surface area (Å²) in [7, 11) is -1.49. The SMILES string of the molecule is CCCO[SiH](CCC)OCCc1ccccc1O. The van der Waals surface area contributed by atoms with Crippen LogP contribution in [0.1, 0.15) is 32.3 Å². The maximum absolute atomic E-state index is 9.65. The maximum Gasteiger partial charge on any atom is 0.321 e.